The molecule has 3 aromatic rings. The van der Waals surface area contributed by atoms with E-state index in [0.717, 1.165) is 27.5 Å². The van der Waals surface area contributed by atoms with Gasteiger partial charge in [-0.2, -0.15) is 0 Å². The van der Waals surface area contributed by atoms with Crippen molar-refractivity contribution in [3.63, 3.8) is 0 Å². The lowest BCUT2D eigenvalue weighted by Gasteiger charge is -2.21. The van der Waals surface area contributed by atoms with Gasteiger partial charge in [0.05, 0.1) is 18.3 Å². The first-order chi connectivity index (χ1) is 15.3. The van der Waals surface area contributed by atoms with Gasteiger partial charge in [-0.1, -0.05) is 34.6 Å². The first-order valence-electron chi connectivity index (χ1n) is 11.3. The second-order valence-corrected chi connectivity index (χ2v) is 10.2. The normalized spacial score (nSPS) is 13.1. The van der Waals surface area contributed by atoms with Gasteiger partial charge in [-0.05, 0) is 49.7 Å². The van der Waals surface area contributed by atoms with E-state index < -0.39 is 23.5 Å². The standard InChI is InChI=1S/C26H33NO6/c1-13(2)10-20(24(29)30)27-21(28)9-8-16-14(3)17-11-18-19(26(5,6)7)12-32-22(18)15(4)23(17)33-25(16)31/h11-13,20H,8-10H2,1-7H3,(H,27,28)(H,29,30)/p-1/t20-/m0/s1. The molecule has 1 N–H and O–H groups in total. The number of carboxylic acid groups (broad SMARTS) is 1. The molecule has 0 unspecified atom stereocenters. The summed E-state index contributed by atoms with van der Waals surface area (Å²) in [6, 6.07) is 0.928. The van der Waals surface area contributed by atoms with E-state index in [2.05, 4.69) is 26.1 Å². The van der Waals surface area contributed by atoms with Gasteiger partial charge >= 0.3 is 5.63 Å². The molecule has 7 nitrogen and oxygen atoms in total. The highest BCUT2D eigenvalue weighted by molar-refractivity contribution is 6.00. The number of furan rings is 1. The van der Waals surface area contributed by atoms with E-state index in [1.807, 2.05) is 33.8 Å². The molecule has 0 fully saturated rings. The second-order valence-electron chi connectivity index (χ2n) is 10.2. The fourth-order valence-corrected chi connectivity index (χ4v) is 4.26. The van der Waals surface area contributed by atoms with Gasteiger partial charge < -0.3 is 24.1 Å². The Morgan fingerprint density at radius 2 is 1.76 bits per heavy atom. The molecule has 7 heteroatoms. The van der Waals surface area contributed by atoms with Gasteiger partial charge in [-0.15, -0.1) is 0 Å². The predicted molar refractivity (Wildman–Crippen MR) is 125 cm³/mol. The maximum atomic E-state index is 12.8. The molecule has 0 saturated heterocycles. The number of carboxylic acids is 1. The average molecular weight is 455 g/mol. The summed E-state index contributed by atoms with van der Waals surface area (Å²) >= 11 is 0. The van der Waals surface area contributed by atoms with Gasteiger partial charge in [-0.25, -0.2) is 4.79 Å². The highest BCUT2D eigenvalue weighted by Crippen LogP contribution is 2.37. The van der Waals surface area contributed by atoms with Crippen molar-refractivity contribution in [2.75, 3.05) is 0 Å². The first kappa shape index (κ1) is 24.6. The van der Waals surface area contributed by atoms with Crippen LogP contribution in [0.25, 0.3) is 21.9 Å². The number of benzene rings is 1. The molecule has 0 saturated carbocycles. The quantitative estimate of drug-likeness (QED) is 0.545. The van der Waals surface area contributed by atoms with Gasteiger partial charge in [0.2, 0.25) is 5.91 Å². The summed E-state index contributed by atoms with van der Waals surface area (Å²) in [4.78, 5) is 36.5. The Kier molecular flexibility index (Phi) is 6.73. The number of carbonyl (C=O) groups is 2. The largest absolute Gasteiger partial charge is 0.548 e. The number of aliphatic carboxylic acids is 1. The van der Waals surface area contributed by atoms with Gasteiger partial charge in [-0.3, -0.25) is 4.79 Å². The minimum atomic E-state index is -1.31. The maximum absolute atomic E-state index is 12.8. The number of amides is 1. The zero-order valence-electron chi connectivity index (χ0n) is 20.4. The molecule has 1 aromatic carbocycles. The molecule has 3 rings (SSSR count). The van der Waals surface area contributed by atoms with E-state index in [9.17, 15) is 19.5 Å². The Balaban J connectivity index is 1.96. The topological polar surface area (TPSA) is 113 Å². The number of nitrogens with one attached hydrogen (secondary N) is 1. The summed E-state index contributed by atoms with van der Waals surface area (Å²) in [6.07, 6.45) is 2.15. The van der Waals surface area contributed by atoms with Crippen LogP contribution < -0.4 is 16.0 Å². The van der Waals surface area contributed by atoms with Gasteiger partial charge in [0.15, 0.2) is 0 Å². The molecule has 2 heterocycles. The Labute approximate surface area is 193 Å². The Bertz CT molecular complexity index is 1270. The van der Waals surface area contributed by atoms with Crippen molar-refractivity contribution in [2.45, 2.75) is 79.2 Å². The van der Waals surface area contributed by atoms with E-state index in [0.29, 0.717) is 16.7 Å². The second kappa shape index (κ2) is 9.04. The molecule has 0 radical (unpaired) electrons. The molecule has 1 amide bonds. The third kappa shape index (κ3) is 4.97. The molecule has 0 aliphatic heterocycles. The van der Waals surface area contributed by atoms with Crippen molar-refractivity contribution < 1.29 is 23.5 Å². The van der Waals surface area contributed by atoms with Crippen LogP contribution >= 0.6 is 0 Å². The number of rotatable bonds is 7. The van der Waals surface area contributed by atoms with Crippen molar-refractivity contribution in [1.29, 1.82) is 0 Å². The zero-order chi connectivity index (χ0) is 24.7. The summed E-state index contributed by atoms with van der Waals surface area (Å²) in [7, 11) is 0. The zero-order valence-corrected chi connectivity index (χ0v) is 20.4. The predicted octanol–water partition coefficient (Wildman–Crippen LogP) is 3.67. The van der Waals surface area contributed by atoms with Crippen molar-refractivity contribution in [1.82, 2.24) is 5.32 Å². The molecule has 178 valence electrons. The van der Waals surface area contributed by atoms with Crippen LogP contribution in [0.1, 0.15) is 69.7 Å². The SMILES string of the molecule is Cc1c(CCC(=O)N[C@@H](CC(C)C)C(=O)[O-])c(=O)oc2c(C)c3occ(C(C)(C)C)c3cc12. The van der Waals surface area contributed by atoms with Crippen LogP contribution in [0.15, 0.2) is 26.0 Å². The molecular weight excluding hydrogens is 422 g/mol. The van der Waals surface area contributed by atoms with E-state index in [4.69, 9.17) is 8.83 Å². The molecule has 0 bridgehead atoms. The Morgan fingerprint density at radius 3 is 2.33 bits per heavy atom. The molecule has 2 aromatic heterocycles. The molecule has 33 heavy (non-hydrogen) atoms. The van der Waals surface area contributed by atoms with Crippen molar-refractivity contribution >= 4 is 33.8 Å². The van der Waals surface area contributed by atoms with Gasteiger partial charge in [0.1, 0.15) is 11.2 Å². The van der Waals surface area contributed by atoms with Gasteiger partial charge in [0, 0.05) is 33.9 Å². The lowest BCUT2D eigenvalue weighted by Crippen LogP contribution is -2.48. The number of carbonyl (C=O) groups excluding carboxylic acids is 2. The lowest BCUT2D eigenvalue weighted by atomic mass is 9.86. The highest BCUT2D eigenvalue weighted by atomic mass is 16.4. The number of hydrogen-bond acceptors (Lipinski definition) is 6. The third-order valence-corrected chi connectivity index (χ3v) is 6.08. The summed E-state index contributed by atoms with van der Waals surface area (Å²) in [5.41, 5.74) is 3.52. The smallest absolute Gasteiger partial charge is 0.339 e. The van der Waals surface area contributed by atoms with Crippen LogP contribution in [0.3, 0.4) is 0 Å². The summed E-state index contributed by atoms with van der Waals surface area (Å²) < 4.78 is 11.5. The Hall–Kier alpha value is -3.09. The molecule has 0 aliphatic rings. The van der Waals surface area contributed by atoms with Crippen LogP contribution in [0.4, 0.5) is 0 Å². The Morgan fingerprint density at radius 1 is 1.09 bits per heavy atom. The fourth-order valence-electron chi connectivity index (χ4n) is 4.26. The van der Waals surface area contributed by atoms with Crippen LogP contribution in [0.5, 0.6) is 0 Å². The van der Waals surface area contributed by atoms with Crippen LogP contribution in [-0.2, 0) is 21.4 Å². The molecular formula is C26H32NO6-. The van der Waals surface area contributed by atoms with E-state index in [1.54, 1.807) is 6.26 Å². The maximum Gasteiger partial charge on any atom is 0.339 e. The van der Waals surface area contributed by atoms with Crippen LogP contribution in [0, 0.1) is 19.8 Å². The van der Waals surface area contributed by atoms with Gasteiger partial charge in [0.25, 0.3) is 0 Å². The summed E-state index contributed by atoms with van der Waals surface area (Å²) in [6.45, 7) is 13.8. The van der Waals surface area contributed by atoms with Crippen molar-refractivity contribution in [3.8, 4) is 0 Å². The van der Waals surface area contributed by atoms with E-state index in [-0.39, 0.29) is 30.6 Å². The molecule has 1 atom stereocenters. The fraction of sp³-hybridized carbons (Fsp3) is 0.500. The van der Waals surface area contributed by atoms with Crippen LogP contribution in [0.2, 0.25) is 0 Å². The molecule has 0 spiro atoms. The van der Waals surface area contributed by atoms with E-state index >= 15 is 0 Å². The van der Waals surface area contributed by atoms with Crippen LogP contribution in [-0.4, -0.2) is 17.9 Å². The first-order valence-corrected chi connectivity index (χ1v) is 11.3. The number of aryl methyl sites for hydroxylation is 2. The summed E-state index contributed by atoms with van der Waals surface area (Å²) in [5, 5.41) is 15.6. The minimum absolute atomic E-state index is 0.0286. The van der Waals surface area contributed by atoms with Crippen molar-refractivity contribution in [2.24, 2.45) is 5.92 Å². The molecule has 0 aliphatic carbocycles. The third-order valence-electron chi connectivity index (χ3n) is 6.08. The number of fused-ring (bicyclic) bond motifs is 2. The number of hydrogen-bond donors (Lipinski definition) is 1. The average Bonchev–Trinajstić information content (AvgIpc) is 3.13. The summed E-state index contributed by atoms with van der Waals surface area (Å²) in [5.74, 6) is -1.67. The highest BCUT2D eigenvalue weighted by Gasteiger charge is 2.24. The minimum Gasteiger partial charge on any atom is -0.548 e. The van der Waals surface area contributed by atoms with E-state index in [1.165, 1.54) is 0 Å². The van der Waals surface area contributed by atoms with Crippen molar-refractivity contribution in [3.05, 3.63) is 45.0 Å². The monoisotopic (exact) mass is 454 g/mol. The lowest BCUT2D eigenvalue weighted by molar-refractivity contribution is -0.308.